The predicted octanol–water partition coefficient (Wildman–Crippen LogP) is 3.26. The largest absolute Gasteiger partial charge is 0.459 e. The molecule has 1 aromatic carbocycles. The van der Waals surface area contributed by atoms with Crippen molar-refractivity contribution >= 4 is 11.0 Å². The van der Waals surface area contributed by atoms with Gasteiger partial charge >= 0.3 is 0 Å². The molecule has 0 bridgehead atoms. The van der Waals surface area contributed by atoms with Crippen LogP contribution in [0.5, 0.6) is 0 Å². The summed E-state index contributed by atoms with van der Waals surface area (Å²) in [6, 6.07) is 10.9. The zero-order chi connectivity index (χ0) is 12.4. The number of nitrogens with one attached hydrogen (secondary N) is 1. The Bertz CT molecular complexity index is 481. The van der Waals surface area contributed by atoms with Gasteiger partial charge in [0, 0.05) is 18.0 Å². The van der Waals surface area contributed by atoms with E-state index in [0.717, 1.165) is 31.0 Å². The second-order valence-corrected chi connectivity index (χ2v) is 4.99. The second kappa shape index (κ2) is 5.12. The van der Waals surface area contributed by atoms with Gasteiger partial charge in [-0.15, -0.1) is 0 Å². The average molecular weight is 245 g/mol. The summed E-state index contributed by atoms with van der Waals surface area (Å²) in [7, 11) is 0. The Kier molecular flexibility index (Phi) is 3.35. The van der Waals surface area contributed by atoms with Crippen LogP contribution in [0.25, 0.3) is 11.0 Å². The van der Waals surface area contributed by atoms with Gasteiger partial charge in [-0.3, -0.25) is 0 Å². The van der Waals surface area contributed by atoms with E-state index in [4.69, 9.17) is 9.15 Å². The smallest absolute Gasteiger partial charge is 0.134 e. The Morgan fingerprint density at radius 2 is 2.22 bits per heavy atom. The van der Waals surface area contributed by atoms with Crippen molar-refractivity contribution in [1.82, 2.24) is 5.32 Å². The molecule has 0 aliphatic carbocycles. The van der Waals surface area contributed by atoms with Gasteiger partial charge < -0.3 is 14.5 Å². The summed E-state index contributed by atoms with van der Waals surface area (Å²) in [5.74, 6) is 1.00. The molecule has 0 radical (unpaired) electrons. The molecule has 3 nitrogen and oxygen atoms in total. The minimum Gasteiger partial charge on any atom is -0.459 e. The van der Waals surface area contributed by atoms with Crippen LogP contribution >= 0.6 is 0 Å². The van der Waals surface area contributed by atoms with Gasteiger partial charge in [0.25, 0.3) is 0 Å². The van der Waals surface area contributed by atoms with Crippen molar-refractivity contribution in [1.29, 1.82) is 0 Å². The molecule has 3 heteroatoms. The van der Waals surface area contributed by atoms with Gasteiger partial charge in [0.2, 0.25) is 0 Å². The number of hydrogen-bond acceptors (Lipinski definition) is 3. The number of furan rings is 1. The third kappa shape index (κ3) is 2.42. The van der Waals surface area contributed by atoms with Crippen molar-refractivity contribution < 1.29 is 9.15 Å². The molecular formula is C15H19NO2. The van der Waals surface area contributed by atoms with Gasteiger partial charge in [-0.05, 0) is 31.9 Å². The van der Waals surface area contributed by atoms with Gasteiger partial charge in [-0.25, -0.2) is 0 Å². The molecule has 18 heavy (non-hydrogen) atoms. The number of fused-ring (bicyclic) bond motifs is 1. The highest BCUT2D eigenvalue weighted by atomic mass is 16.5. The standard InChI is InChI=1S/C15H19NO2/c1-11(16-13-6-4-8-17-10-13)15-9-12-5-2-3-7-14(12)18-15/h2-3,5,7,9,11,13,16H,4,6,8,10H2,1H3. The van der Waals surface area contributed by atoms with Crippen LogP contribution in [-0.2, 0) is 4.74 Å². The fourth-order valence-electron chi connectivity index (χ4n) is 2.52. The van der Waals surface area contributed by atoms with Gasteiger partial charge in [0.15, 0.2) is 0 Å². The van der Waals surface area contributed by atoms with Crippen molar-refractivity contribution in [2.75, 3.05) is 13.2 Å². The first-order chi connectivity index (χ1) is 8.83. The van der Waals surface area contributed by atoms with Crippen molar-refractivity contribution in [2.45, 2.75) is 31.8 Å². The van der Waals surface area contributed by atoms with E-state index in [1.54, 1.807) is 0 Å². The molecule has 2 heterocycles. The maximum absolute atomic E-state index is 5.87. The van der Waals surface area contributed by atoms with Crippen molar-refractivity contribution in [2.24, 2.45) is 0 Å². The van der Waals surface area contributed by atoms with Crippen LogP contribution in [0, 0.1) is 0 Å². The number of ether oxygens (including phenoxy) is 1. The highest BCUT2D eigenvalue weighted by molar-refractivity contribution is 5.77. The van der Waals surface area contributed by atoms with E-state index >= 15 is 0 Å². The van der Waals surface area contributed by atoms with E-state index in [-0.39, 0.29) is 6.04 Å². The zero-order valence-electron chi connectivity index (χ0n) is 10.7. The molecular weight excluding hydrogens is 226 g/mol. The minimum absolute atomic E-state index is 0.226. The lowest BCUT2D eigenvalue weighted by Crippen LogP contribution is -2.38. The van der Waals surface area contributed by atoms with E-state index in [0.29, 0.717) is 6.04 Å². The average Bonchev–Trinajstić information content (AvgIpc) is 2.84. The highest BCUT2D eigenvalue weighted by Crippen LogP contribution is 2.24. The summed E-state index contributed by atoms with van der Waals surface area (Å²) in [5.41, 5.74) is 0.959. The van der Waals surface area contributed by atoms with Gasteiger partial charge in [-0.2, -0.15) is 0 Å². The molecule has 1 fully saturated rings. The lowest BCUT2D eigenvalue weighted by atomic mass is 10.1. The number of benzene rings is 1. The summed E-state index contributed by atoms with van der Waals surface area (Å²) < 4.78 is 11.4. The van der Waals surface area contributed by atoms with Crippen LogP contribution in [-0.4, -0.2) is 19.3 Å². The van der Waals surface area contributed by atoms with E-state index < -0.39 is 0 Å². The zero-order valence-corrected chi connectivity index (χ0v) is 10.7. The molecule has 0 amide bonds. The molecule has 1 saturated heterocycles. The Morgan fingerprint density at radius 1 is 1.33 bits per heavy atom. The maximum atomic E-state index is 5.87. The summed E-state index contributed by atoms with van der Waals surface area (Å²) in [4.78, 5) is 0. The first kappa shape index (κ1) is 11.8. The molecule has 1 N–H and O–H groups in total. The van der Waals surface area contributed by atoms with E-state index in [2.05, 4.69) is 24.4 Å². The molecule has 1 aromatic heterocycles. The van der Waals surface area contributed by atoms with E-state index in [1.165, 1.54) is 11.8 Å². The summed E-state index contributed by atoms with van der Waals surface area (Å²) in [6.45, 7) is 3.86. The lowest BCUT2D eigenvalue weighted by Gasteiger charge is -2.25. The molecule has 1 aliphatic rings. The van der Waals surface area contributed by atoms with E-state index in [9.17, 15) is 0 Å². The van der Waals surface area contributed by atoms with Gasteiger partial charge in [0.1, 0.15) is 11.3 Å². The molecule has 0 saturated carbocycles. The number of hydrogen-bond donors (Lipinski definition) is 1. The van der Waals surface area contributed by atoms with Crippen LogP contribution in [0.3, 0.4) is 0 Å². The molecule has 2 unspecified atom stereocenters. The Morgan fingerprint density at radius 3 is 3.00 bits per heavy atom. The van der Waals surface area contributed by atoms with Crippen molar-refractivity contribution in [3.63, 3.8) is 0 Å². The fourth-order valence-corrected chi connectivity index (χ4v) is 2.52. The SMILES string of the molecule is CC(NC1CCCOC1)c1cc2ccccc2o1. The topological polar surface area (TPSA) is 34.4 Å². The Hall–Kier alpha value is -1.32. The van der Waals surface area contributed by atoms with Crippen LogP contribution in [0.15, 0.2) is 34.7 Å². The monoisotopic (exact) mass is 245 g/mol. The first-order valence-corrected chi connectivity index (χ1v) is 6.65. The Balaban J connectivity index is 1.72. The van der Waals surface area contributed by atoms with Crippen LogP contribution < -0.4 is 5.32 Å². The molecule has 96 valence electrons. The van der Waals surface area contributed by atoms with Crippen LogP contribution in [0.4, 0.5) is 0 Å². The first-order valence-electron chi connectivity index (χ1n) is 6.65. The fraction of sp³-hybridized carbons (Fsp3) is 0.467. The summed E-state index contributed by atoms with van der Waals surface area (Å²) in [5, 5.41) is 4.74. The van der Waals surface area contributed by atoms with Crippen molar-refractivity contribution in [3.05, 3.63) is 36.1 Å². The summed E-state index contributed by atoms with van der Waals surface area (Å²) in [6.07, 6.45) is 2.33. The molecule has 2 aromatic rings. The Labute approximate surface area is 107 Å². The minimum atomic E-state index is 0.226. The normalized spacial score (nSPS) is 22.2. The summed E-state index contributed by atoms with van der Waals surface area (Å²) >= 11 is 0. The lowest BCUT2D eigenvalue weighted by molar-refractivity contribution is 0.0662. The molecule has 0 spiro atoms. The molecule has 1 aliphatic heterocycles. The van der Waals surface area contributed by atoms with Crippen LogP contribution in [0.2, 0.25) is 0 Å². The predicted molar refractivity (Wildman–Crippen MR) is 71.6 cm³/mol. The highest BCUT2D eigenvalue weighted by Gasteiger charge is 2.18. The van der Waals surface area contributed by atoms with Crippen molar-refractivity contribution in [3.8, 4) is 0 Å². The van der Waals surface area contributed by atoms with Gasteiger partial charge in [-0.1, -0.05) is 18.2 Å². The third-order valence-corrected chi connectivity index (χ3v) is 3.52. The van der Waals surface area contributed by atoms with Gasteiger partial charge in [0.05, 0.1) is 12.6 Å². The third-order valence-electron chi connectivity index (χ3n) is 3.52. The number of para-hydroxylation sites is 1. The molecule has 2 atom stereocenters. The van der Waals surface area contributed by atoms with E-state index in [1.807, 2.05) is 18.2 Å². The van der Waals surface area contributed by atoms with Crippen LogP contribution in [0.1, 0.15) is 31.6 Å². The number of rotatable bonds is 3. The maximum Gasteiger partial charge on any atom is 0.134 e. The molecule has 3 rings (SSSR count). The quantitative estimate of drug-likeness (QED) is 0.901. The second-order valence-electron chi connectivity index (χ2n) is 4.99.